The average Bonchev–Trinajstić information content (AvgIpc) is 1.48. The van der Waals surface area contributed by atoms with E-state index >= 15 is 18.0 Å². The Bertz CT molecular complexity index is 6290. The number of nitrogens with zero attached hydrogens (tertiary/aromatic N) is 6. The number of anilines is 3. The monoisotopic (exact) mass is 2030 g/mol. The molecule has 7 aliphatic heterocycles. The number of carbonyl (C=O) groups is 8. The van der Waals surface area contributed by atoms with Crippen molar-refractivity contribution in [3.05, 3.63) is 244 Å². The number of amides is 3. The van der Waals surface area contributed by atoms with Crippen molar-refractivity contribution >= 4 is 158 Å². The zero-order chi connectivity index (χ0) is 97.5. The lowest BCUT2D eigenvalue weighted by atomic mass is 9.51. The lowest BCUT2D eigenvalue weighted by Crippen LogP contribution is -2.64. The summed E-state index contributed by atoms with van der Waals surface area (Å²) in [6.45, 7) is 13.4. The van der Waals surface area contributed by atoms with E-state index in [1.165, 1.54) is 18.2 Å². The molecule has 8 aromatic rings. The van der Waals surface area contributed by atoms with Crippen LogP contribution in [0.4, 0.5) is 30.6 Å². The van der Waals surface area contributed by atoms with Crippen LogP contribution in [0.2, 0.25) is 30.5 Å². The number of carbonyl (C=O) groups excluding carboxylic acids is 7. The summed E-state index contributed by atoms with van der Waals surface area (Å²) in [7, 11) is 0. The number of ketones is 1. The lowest BCUT2D eigenvalue weighted by Gasteiger charge is -2.57. The van der Waals surface area contributed by atoms with Crippen LogP contribution in [0, 0.1) is 74.1 Å². The Labute approximate surface area is 841 Å². The van der Waals surface area contributed by atoms with E-state index in [-0.39, 0.29) is 130 Å². The molecule has 22 rings (SSSR count). The molecule has 7 saturated carbocycles. The van der Waals surface area contributed by atoms with Crippen molar-refractivity contribution < 1.29 is 71.0 Å². The van der Waals surface area contributed by atoms with Gasteiger partial charge in [-0.3, -0.25) is 33.7 Å². The molecule has 10 heterocycles. The highest BCUT2D eigenvalue weighted by Crippen LogP contribution is 2.76. The number of nitrogens with two attached hydrogens (primary N) is 1. The van der Waals surface area contributed by atoms with E-state index in [4.69, 9.17) is 84.9 Å². The number of fused-ring (bicyclic) bond motifs is 11. The van der Waals surface area contributed by atoms with Gasteiger partial charge in [-0.1, -0.05) is 237 Å². The Kier molecular flexibility index (Phi) is 27.3. The van der Waals surface area contributed by atoms with Crippen LogP contribution < -0.4 is 21.7 Å². The van der Waals surface area contributed by atoms with Crippen molar-refractivity contribution in [1.29, 1.82) is 0 Å². The Morgan fingerprint density at radius 1 is 0.446 bits per heavy atom. The van der Waals surface area contributed by atoms with Gasteiger partial charge < -0.3 is 41.2 Å². The zero-order valence-corrected chi connectivity index (χ0v) is 83.4. The Balaban J connectivity index is 0.000000131. The maximum atomic E-state index is 16.5. The molecule has 0 bridgehead atoms. The minimum atomic E-state index is -1.43. The summed E-state index contributed by atoms with van der Waals surface area (Å²) in [6, 6.07) is 43.3. The Morgan fingerprint density at radius 2 is 0.820 bits per heavy atom. The quantitative estimate of drug-likeness (QED) is 0.0456. The molecule has 11 atom stereocenters. The van der Waals surface area contributed by atoms with Gasteiger partial charge in [0.05, 0.1) is 62.1 Å². The van der Waals surface area contributed by atoms with Crippen molar-refractivity contribution in [3.63, 3.8) is 0 Å². The van der Waals surface area contributed by atoms with Crippen LogP contribution in [0.1, 0.15) is 276 Å². The Hall–Kier alpha value is -9.41. The maximum Gasteiger partial charge on any atom is 0.340 e. The van der Waals surface area contributed by atoms with Crippen LogP contribution in [0.3, 0.4) is 0 Å². The topological polar surface area (TPSA) is 313 Å². The number of halogens is 10. The fourth-order valence-electron chi connectivity index (χ4n) is 27.6. The molecular weight excluding hydrogens is 1920 g/mol. The molecule has 139 heavy (non-hydrogen) atoms. The smallest absolute Gasteiger partial charge is 0.340 e. The number of esters is 1. The van der Waals surface area contributed by atoms with Gasteiger partial charge >= 0.3 is 23.9 Å². The van der Waals surface area contributed by atoms with E-state index in [0.29, 0.717) is 96.6 Å². The average molecular weight is 2040 g/mol. The highest BCUT2D eigenvalue weighted by Gasteiger charge is 2.80. The number of carboxylic acids is 1. The molecular formula is C107H112Cl7F3N10O12. The number of aromatic nitrogens is 3. The molecule has 7 aliphatic carbocycles. The van der Waals surface area contributed by atoms with E-state index in [9.17, 15) is 38.7 Å². The fourth-order valence-corrected chi connectivity index (χ4v) is 28.5. The number of cyclic esters (lactones) is 1. The number of aliphatic carboxylic acids is 1. The molecule has 9 fully saturated rings. The summed E-state index contributed by atoms with van der Waals surface area (Å²) in [5.41, 5.74) is 5.99. The largest absolute Gasteiger partial charge is 0.481 e. The van der Waals surface area contributed by atoms with Crippen LogP contribution in [0.5, 0.6) is 0 Å². The summed E-state index contributed by atoms with van der Waals surface area (Å²) < 4.78 is 54.7. The number of rotatable bonds is 11. The lowest BCUT2D eigenvalue weighted by molar-refractivity contribution is -0.184. The molecule has 0 radical (unpaired) electrons. The van der Waals surface area contributed by atoms with Crippen molar-refractivity contribution in [2.45, 2.75) is 266 Å². The van der Waals surface area contributed by atoms with Crippen LogP contribution in [-0.2, 0) is 69.0 Å². The minimum Gasteiger partial charge on any atom is -0.481 e. The van der Waals surface area contributed by atoms with E-state index in [2.05, 4.69) is 92.5 Å². The van der Waals surface area contributed by atoms with Gasteiger partial charge in [-0.2, -0.15) is 0 Å². The number of hydrogen-bond acceptors (Lipinski definition) is 18. The van der Waals surface area contributed by atoms with Crippen LogP contribution in [0.25, 0.3) is 0 Å². The van der Waals surface area contributed by atoms with Gasteiger partial charge in [-0.25, -0.2) is 37.7 Å². The second-order valence-electron chi connectivity index (χ2n) is 43.2. The van der Waals surface area contributed by atoms with Gasteiger partial charge in [0.15, 0.2) is 0 Å². The standard InChI is InChI=1S/C38H34Cl2FN3O3.C35H38Cl2FN3O4.C25H25Cl2FN2O3.C9H14N2O2.ClH/c1-36(2)18-20-37(21-19-36)38(25-16-17-27(40)42-33(25)43-35(38)46)28(24-14-9-15-26(39)29(24)41)31-34(45)47-32(23-12-7-4-8-13-23)30(44(31)37)22-10-5-3-6-11-22;1-33(2)12-14-34(15-13-33)18-22(26(42)16-19-6-8-20(9-7-19)25-17-28(43)45-41-25)29(21-4-3-5-24(36)30(21)38)35(34)23-10-11-27(37)39-31(23)40-32(35)44;1-23(2)8-10-24(11-9-23)12-14(21(31)32)18(13-4-3-5-16(26)19(13)28)25(24)15-6-7-17(27)29-20(15)30-22(25)33;10-7-3-1-6(2-4-7)8-5-9(12)13-11-8;/h3-17,28,30-32H,18-21H2,1-2H3,(H,42,43,46);3-5,10-11,19-20,22,29H,6-9,12-18H2,1-2H3,(H,39,40,44);3-7,14,18H,8-12H2,1-2H3,(H,31,32)(H,29,30,33);6-7H,1-5,10H2;1H/t28-,30+,31+,32-,38-;19?,20?,22-,29-,35+;14-,18+,25-;;/m001../s1. The maximum absolute atomic E-state index is 16.5. The number of pyridine rings is 3. The second-order valence-corrected chi connectivity index (χ2v) is 45.6. The molecule has 14 aliphatic rings. The van der Waals surface area contributed by atoms with E-state index < -0.39 is 110 Å². The molecule has 22 nitrogen and oxygen atoms in total. The molecule has 6 N–H and O–H groups in total. The number of oxime groups is 2. The number of ether oxygens (including phenoxy) is 1. The Morgan fingerprint density at radius 3 is 1.23 bits per heavy atom. The summed E-state index contributed by atoms with van der Waals surface area (Å²) in [5, 5.41) is 27.6. The summed E-state index contributed by atoms with van der Waals surface area (Å²) >= 11 is 37.8. The van der Waals surface area contributed by atoms with Gasteiger partial charge in [0.1, 0.15) is 73.7 Å². The van der Waals surface area contributed by atoms with Gasteiger partial charge in [-0.15, -0.1) is 12.4 Å². The molecule has 32 heteroatoms. The summed E-state index contributed by atoms with van der Waals surface area (Å²) in [4.78, 5) is 133. The van der Waals surface area contributed by atoms with E-state index in [0.717, 1.165) is 125 Å². The third-order valence-corrected chi connectivity index (χ3v) is 35.9. The van der Waals surface area contributed by atoms with Crippen molar-refractivity contribution in [3.8, 4) is 0 Å². The number of nitrogens with one attached hydrogen (secondary N) is 3. The van der Waals surface area contributed by atoms with Crippen LogP contribution in [-0.4, -0.2) is 101 Å². The van der Waals surface area contributed by atoms with Crippen LogP contribution >= 0.6 is 82.0 Å². The molecule has 3 aromatic heterocycles. The normalized spacial score (nSPS) is 30.2. The van der Waals surface area contributed by atoms with Gasteiger partial charge in [0.25, 0.3) is 0 Å². The molecule has 5 aromatic carbocycles. The molecule has 0 unspecified atom stereocenters. The minimum absolute atomic E-state index is 0. The highest BCUT2D eigenvalue weighted by molar-refractivity contribution is 6.32. The second kappa shape index (κ2) is 38.0. The third kappa shape index (κ3) is 17.0. The highest BCUT2D eigenvalue weighted by atomic mass is 35.5. The number of morpholine rings is 1. The predicted molar refractivity (Wildman–Crippen MR) is 528 cm³/mol. The first-order valence-corrected chi connectivity index (χ1v) is 50.5. The SMILES string of the molecule is CC1(C)CCC2(CC1)C[C@@H](C(=O)CC1CCC(C3=NOC(=O)C3)CC1)[C@H](c1cccc(Cl)c1F)[C@]21C(=O)Nc2nc(Cl)ccc21.CC1(C)CCC2(CC1)C[C@@H](C(=O)O)[C@H](c1cccc(Cl)c1F)[C@]21C(=O)Nc2nc(Cl)ccc21.CC1(C)CCC2(CC1)N1[C@H](c3ccccc3)[C@H](c3ccccc3)OC(=O)[C@H]1[C@H](c1cccc(Cl)c1F)[C@@]21C(=O)Nc2nc(Cl)ccc21.Cl.NC1CCC(C2=NOC(=O)C2)CC1. The molecule has 6 spiro atoms. The number of hydrogen-bond donors (Lipinski definition) is 5. The van der Waals surface area contributed by atoms with Crippen molar-refractivity contribution in [1.82, 2.24) is 19.9 Å². The first-order valence-electron chi connectivity index (χ1n) is 48.2. The van der Waals surface area contributed by atoms with E-state index in [1.807, 2.05) is 72.8 Å². The van der Waals surface area contributed by atoms with Gasteiger partial charge in [0.2, 0.25) is 17.7 Å². The predicted octanol–water partition coefficient (Wildman–Crippen LogP) is 24.2. The van der Waals surface area contributed by atoms with E-state index in [1.54, 1.807) is 60.7 Å². The number of benzene rings is 5. The van der Waals surface area contributed by atoms with Crippen LogP contribution in [0.15, 0.2) is 162 Å². The number of carboxylic acid groups (broad SMARTS) is 1. The zero-order valence-electron chi connectivity index (χ0n) is 78.0. The third-order valence-electron chi connectivity index (χ3n) is 34.4. The first-order chi connectivity index (χ1) is 65.8. The summed E-state index contributed by atoms with van der Waals surface area (Å²) in [6.07, 6.45) is 17.7. The van der Waals surface area contributed by atoms with Gasteiger partial charge in [0, 0.05) is 70.2 Å². The fraction of sp³-hybridized carbons (Fsp3) is 0.486. The first kappa shape index (κ1) is 99.7. The molecule has 3 amide bonds. The van der Waals surface area contributed by atoms with Gasteiger partial charge in [-0.05, 0) is 238 Å². The molecule has 732 valence electrons. The summed E-state index contributed by atoms with van der Waals surface area (Å²) in [5.74, 6) is -7.12. The number of Topliss-reactive ketones (excluding diaryl/α,β-unsaturated/α-hetero) is 1. The van der Waals surface area contributed by atoms with Crippen molar-refractivity contribution in [2.24, 2.45) is 72.7 Å². The van der Waals surface area contributed by atoms with Crippen molar-refractivity contribution in [2.75, 3.05) is 16.0 Å². The molecule has 2 saturated heterocycles.